The molecule has 2 aromatic heterocycles. The van der Waals surface area contributed by atoms with Crippen molar-refractivity contribution in [3.63, 3.8) is 0 Å². The minimum atomic E-state index is 0.520. The van der Waals surface area contributed by atoms with E-state index < -0.39 is 0 Å². The molecule has 0 aliphatic rings. The van der Waals surface area contributed by atoms with Crippen LogP contribution < -0.4 is 5.32 Å². The van der Waals surface area contributed by atoms with Gasteiger partial charge in [0.25, 0.3) is 0 Å². The van der Waals surface area contributed by atoms with Crippen LogP contribution >= 0.6 is 0 Å². The average molecular weight is 339 g/mol. The number of aromatic nitrogens is 4. The second-order valence-corrected chi connectivity index (χ2v) is 5.57. The molecular formula is C17H21N7O. The zero-order chi connectivity index (χ0) is 17.6. The van der Waals surface area contributed by atoms with Crippen molar-refractivity contribution in [3.8, 4) is 11.5 Å². The Labute approximate surface area is 146 Å². The first kappa shape index (κ1) is 16.7. The van der Waals surface area contributed by atoms with Gasteiger partial charge in [-0.15, -0.1) is 0 Å². The third kappa shape index (κ3) is 4.03. The number of hydrogen-bond donors (Lipinski definition) is 1. The molecule has 0 spiro atoms. The second kappa shape index (κ2) is 7.61. The zero-order valence-electron chi connectivity index (χ0n) is 14.5. The van der Waals surface area contributed by atoms with E-state index in [0.29, 0.717) is 19.0 Å². The van der Waals surface area contributed by atoms with Crippen LogP contribution in [0, 0.1) is 0 Å². The molecule has 1 aromatic carbocycles. The molecule has 3 aromatic rings. The molecule has 0 radical (unpaired) electrons. The largest absolute Gasteiger partial charge is 0.444 e. The number of benzene rings is 1. The van der Waals surface area contributed by atoms with Gasteiger partial charge in [0.15, 0.2) is 5.96 Å². The Kier molecular flexibility index (Phi) is 5.08. The smallest absolute Gasteiger partial charge is 0.226 e. The maximum atomic E-state index is 5.55. The molecule has 0 aliphatic carbocycles. The Balaban J connectivity index is 1.60. The minimum Gasteiger partial charge on any atom is -0.444 e. The van der Waals surface area contributed by atoms with E-state index in [4.69, 9.17) is 4.42 Å². The van der Waals surface area contributed by atoms with Gasteiger partial charge in [-0.25, -0.2) is 9.97 Å². The van der Waals surface area contributed by atoms with Crippen LogP contribution in [0.4, 0.5) is 0 Å². The van der Waals surface area contributed by atoms with Crippen molar-refractivity contribution >= 4 is 5.96 Å². The van der Waals surface area contributed by atoms with Crippen LogP contribution in [0.15, 0.2) is 52.3 Å². The second-order valence-electron chi connectivity index (χ2n) is 5.57. The molecule has 0 aliphatic heterocycles. The highest BCUT2D eigenvalue weighted by molar-refractivity contribution is 5.79. The normalized spacial score (nSPS) is 11.6. The van der Waals surface area contributed by atoms with E-state index in [1.807, 2.05) is 49.3 Å². The zero-order valence-corrected chi connectivity index (χ0v) is 14.5. The van der Waals surface area contributed by atoms with Gasteiger partial charge in [0, 0.05) is 26.7 Å². The highest BCUT2D eigenvalue weighted by atomic mass is 16.3. The summed E-state index contributed by atoms with van der Waals surface area (Å²) in [6.07, 6.45) is 3.20. The number of hydrogen-bond acceptors (Lipinski definition) is 5. The molecule has 3 rings (SSSR count). The fourth-order valence-corrected chi connectivity index (χ4v) is 2.41. The Bertz CT molecular complexity index is 838. The van der Waals surface area contributed by atoms with Crippen molar-refractivity contribution in [2.24, 2.45) is 12.0 Å². The summed E-state index contributed by atoms with van der Waals surface area (Å²) >= 11 is 0. The maximum Gasteiger partial charge on any atom is 0.226 e. The van der Waals surface area contributed by atoms with Gasteiger partial charge in [0.1, 0.15) is 18.4 Å². The predicted octanol–water partition coefficient (Wildman–Crippen LogP) is 1.68. The van der Waals surface area contributed by atoms with Crippen molar-refractivity contribution in [1.82, 2.24) is 30.0 Å². The molecule has 25 heavy (non-hydrogen) atoms. The van der Waals surface area contributed by atoms with Gasteiger partial charge in [-0.3, -0.25) is 9.67 Å². The lowest BCUT2D eigenvalue weighted by Gasteiger charge is -2.21. The van der Waals surface area contributed by atoms with Gasteiger partial charge in [0.2, 0.25) is 5.89 Å². The van der Waals surface area contributed by atoms with E-state index in [2.05, 4.69) is 25.4 Å². The minimum absolute atomic E-state index is 0.520. The first-order chi connectivity index (χ1) is 12.2. The Morgan fingerprint density at radius 3 is 2.80 bits per heavy atom. The highest BCUT2D eigenvalue weighted by Crippen LogP contribution is 2.17. The maximum absolute atomic E-state index is 5.55. The summed E-state index contributed by atoms with van der Waals surface area (Å²) in [6.45, 7) is 1.12. The number of rotatable bonds is 5. The van der Waals surface area contributed by atoms with Crippen molar-refractivity contribution in [3.05, 3.63) is 54.4 Å². The van der Waals surface area contributed by atoms with Gasteiger partial charge in [-0.2, -0.15) is 5.10 Å². The number of aliphatic imine (C=N–C) groups is 1. The summed E-state index contributed by atoms with van der Waals surface area (Å²) in [4.78, 5) is 15.0. The number of oxazole rings is 1. The molecule has 2 heterocycles. The topological polar surface area (TPSA) is 84.4 Å². The van der Waals surface area contributed by atoms with Crippen molar-refractivity contribution in [1.29, 1.82) is 0 Å². The van der Waals surface area contributed by atoms with E-state index in [1.54, 1.807) is 24.3 Å². The molecule has 8 heteroatoms. The number of nitrogens with zero attached hydrogens (tertiary/aromatic N) is 6. The van der Waals surface area contributed by atoms with Crippen molar-refractivity contribution in [2.75, 3.05) is 14.1 Å². The fourth-order valence-electron chi connectivity index (χ4n) is 2.41. The lowest BCUT2D eigenvalue weighted by molar-refractivity contribution is 0.448. The molecular weight excluding hydrogens is 318 g/mol. The summed E-state index contributed by atoms with van der Waals surface area (Å²) < 4.78 is 7.30. The average Bonchev–Trinajstić information content (AvgIpc) is 3.26. The van der Waals surface area contributed by atoms with E-state index >= 15 is 0 Å². The van der Waals surface area contributed by atoms with Crippen LogP contribution in [0.3, 0.4) is 0 Å². The molecule has 0 bridgehead atoms. The Morgan fingerprint density at radius 2 is 2.12 bits per heavy atom. The summed E-state index contributed by atoms with van der Waals surface area (Å²) in [7, 11) is 5.56. The SMILES string of the molecule is CN=C(NCc1coc(-c2ccccc2)n1)N(C)Cc1ncnn1C. The molecule has 0 saturated carbocycles. The van der Waals surface area contributed by atoms with E-state index in [0.717, 1.165) is 23.0 Å². The highest BCUT2D eigenvalue weighted by Gasteiger charge is 2.11. The first-order valence-corrected chi connectivity index (χ1v) is 7.92. The fraction of sp³-hybridized carbons (Fsp3) is 0.294. The molecule has 0 saturated heterocycles. The van der Waals surface area contributed by atoms with Crippen LogP contribution in [-0.2, 0) is 20.1 Å². The summed E-state index contributed by atoms with van der Waals surface area (Å²) in [5.74, 6) is 2.21. The van der Waals surface area contributed by atoms with Gasteiger partial charge < -0.3 is 14.6 Å². The number of nitrogens with one attached hydrogen (secondary N) is 1. The van der Waals surface area contributed by atoms with Gasteiger partial charge in [-0.05, 0) is 12.1 Å². The first-order valence-electron chi connectivity index (χ1n) is 7.92. The molecule has 8 nitrogen and oxygen atoms in total. The summed E-state index contributed by atoms with van der Waals surface area (Å²) in [6, 6.07) is 9.82. The van der Waals surface area contributed by atoms with Crippen LogP contribution in [0.5, 0.6) is 0 Å². The summed E-state index contributed by atoms with van der Waals surface area (Å²) in [5.41, 5.74) is 1.77. The third-order valence-electron chi connectivity index (χ3n) is 3.76. The van der Waals surface area contributed by atoms with E-state index in [-0.39, 0.29) is 0 Å². The lowest BCUT2D eigenvalue weighted by Crippen LogP contribution is -2.38. The molecule has 0 atom stereocenters. The third-order valence-corrected chi connectivity index (χ3v) is 3.76. The number of aryl methyl sites for hydroxylation is 1. The Morgan fingerprint density at radius 1 is 1.32 bits per heavy atom. The quantitative estimate of drug-likeness (QED) is 0.562. The Hall–Kier alpha value is -3.16. The van der Waals surface area contributed by atoms with Crippen LogP contribution in [0.1, 0.15) is 11.5 Å². The van der Waals surface area contributed by atoms with Gasteiger partial charge in [-0.1, -0.05) is 18.2 Å². The van der Waals surface area contributed by atoms with E-state index in [9.17, 15) is 0 Å². The van der Waals surface area contributed by atoms with Crippen LogP contribution in [0.2, 0.25) is 0 Å². The van der Waals surface area contributed by atoms with Crippen molar-refractivity contribution < 1.29 is 4.42 Å². The lowest BCUT2D eigenvalue weighted by atomic mass is 10.2. The summed E-state index contributed by atoms with van der Waals surface area (Å²) in [5, 5.41) is 7.35. The predicted molar refractivity (Wildman–Crippen MR) is 94.6 cm³/mol. The van der Waals surface area contributed by atoms with Gasteiger partial charge in [0.05, 0.1) is 18.8 Å². The van der Waals surface area contributed by atoms with Crippen LogP contribution in [-0.4, -0.2) is 44.7 Å². The van der Waals surface area contributed by atoms with E-state index in [1.165, 1.54) is 0 Å². The molecule has 0 amide bonds. The van der Waals surface area contributed by atoms with Crippen molar-refractivity contribution in [2.45, 2.75) is 13.1 Å². The molecule has 0 unspecified atom stereocenters. The molecule has 130 valence electrons. The molecule has 1 N–H and O–H groups in total. The number of guanidine groups is 1. The molecule has 0 fully saturated rings. The monoisotopic (exact) mass is 339 g/mol. The van der Waals surface area contributed by atoms with Gasteiger partial charge >= 0.3 is 0 Å². The standard InChI is InChI=1S/C17H21N7O/c1-18-17(23(2)10-15-20-12-21-24(15)3)19-9-14-11-25-16(22-14)13-7-5-4-6-8-13/h4-8,11-12H,9-10H2,1-3H3,(H,18,19). The van der Waals surface area contributed by atoms with Crippen LogP contribution in [0.25, 0.3) is 11.5 Å².